The van der Waals surface area contributed by atoms with Gasteiger partial charge in [-0.25, -0.2) is 0 Å². The fraction of sp³-hybridized carbons (Fsp3) is 0.923. The molecule has 0 spiro atoms. The van der Waals surface area contributed by atoms with Crippen LogP contribution >= 0.6 is 0 Å². The molecule has 0 aromatic heterocycles. The van der Waals surface area contributed by atoms with E-state index in [9.17, 15) is 4.79 Å². The number of carbonyl (C=O) groups is 1. The summed E-state index contributed by atoms with van der Waals surface area (Å²) >= 11 is 0. The molecule has 1 saturated heterocycles. The summed E-state index contributed by atoms with van der Waals surface area (Å²) in [5.74, 6) is 1.29. The molecule has 1 aliphatic carbocycles. The van der Waals surface area contributed by atoms with Crippen LogP contribution in [-0.2, 0) is 4.79 Å². The Morgan fingerprint density at radius 1 is 1.19 bits per heavy atom. The Balaban J connectivity index is 1.86. The topological polar surface area (TPSA) is 32.3 Å². The van der Waals surface area contributed by atoms with Gasteiger partial charge in [0.15, 0.2) is 0 Å². The highest BCUT2D eigenvalue weighted by atomic mass is 16.2. The molecule has 3 nitrogen and oxygen atoms in total. The minimum Gasteiger partial charge on any atom is -0.340 e. The number of nitrogens with one attached hydrogen (secondary N) is 1. The maximum atomic E-state index is 12.3. The average Bonchev–Trinajstić information content (AvgIpc) is 2.39. The lowest BCUT2D eigenvalue weighted by molar-refractivity contribution is -0.137. The normalized spacial score (nSPS) is 25.4. The van der Waals surface area contributed by atoms with Crippen molar-refractivity contribution < 1.29 is 4.79 Å². The summed E-state index contributed by atoms with van der Waals surface area (Å²) in [6, 6.07) is 0. The molecule has 92 valence electrons. The molecule has 1 amide bonds. The molecule has 1 atom stereocenters. The second-order valence-corrected chi connectivity index (χ2v) is 5.26. The van der Waals surface area contributed by atoms with Crippen molar-refractivity contribution in [3.8, 4) is 0 Å². The summed E-state index contributed by atoms with van der Waals surface area (Å²) in [6.07, 6.45) is 6.54. The van der Waals surface area contributed by atoms with Gasteiger partial charge in [-0.1, -0.05) is 26.2 Å². The summed E-state index contributed by atoms with van der Waals surface area (Å²) in [7, 11) is 0. The molecule has 2 rings (SSSR count). The third-order valence-electron chi connectivity index (χ3n) is 4.18. The fourth-order valence-corrected chi connectivity index (χ4v) is 3.01. The standard InChI is InChI=1S/C13H24N2O/c1-11(12-5-3-2-4-6-12)13(16)15-9-7-14-8-10-15/h11-12,14H,2-10H2,1H3. The highest BCUT2D eigenvalue weighted by Gasteiger charge is 2.29. The molecule has 2 fully saturated rings. The second kappa shape index (κ2) is 5.67. The lowest BCUT2D eigenvalue weighted by atomic mass is 9.80. The summed E-state index contributed by atoms with van der Waals surface area (Å²) in [4.78, 5) is 14.3. The number of rotatable bonds is 2. The van der Waals surface area contributed by atoms with Gasteiger partial charge in [0.05, 0.1) is 0 Å². The first-order valence-corrected chi connectivity index (χ1v) is 6.78. The van der Waals surface area contributed by atoms with E-state index < -0.39 is 0 Å². The zero-order valence-electron chi connectivity index (χ0n) is 10.4. The Hall–Kier alpha value is -0.570. The maximum Gasteiger partial charge on any atom is 0.225 e. The van der Waals surface area contributed by atoms with Gasteiger partial charge in [-0.05, 0) is 18.8 Å². The van der Waals surface area contributed by atoms with Gasteiger partial charge in [-0.15, -0.1) is 0 Å². The van der Waals surface area contributed by atoms with Crippen molar-refractivity contribution in [2.45, 2.75) is 39.0 Å². The van der Waals surface area contributed by atoms with Crippen LogP contribution in [0.1, 0.15) is 39.0 Å². The van der Waals surface area contributed by atoms with Gasteiger partial charge in [-0.3, -0.25) is 4.79 Å². The highest BCUT2D eigenvalue weighted by molar-refractivity contribution is 5.78. The number of carbonyl (C=O) groups excluding carboxylic acids is 1. The highest BCUT2D eigenvalue weighted by Crippen LogP contribution is 2.30. The van der Waals surface area contributed by atoms with Gasteiger partial charge in [0.25, 0.3) is 0 Å². The van der Waals surface area contributed by atoms with Gasteiger partial charge >= 0.3 is 0 Å². The quantitative estimate of drug-likeness (QED) is 0.773. The molecule has 0 aromatic carbocycles. The molecular formula is C13H24N2O. The lowest BCUT2D eigenvalue weighted by Crippen LogP contribution is -2.49. The van der Waals surface area contributed by atoms with Gasteiger partial charge in [0.2, 0.25) is 5.91 Å². The molecule has 1 N–H and O–H groups in total. The van der Waals surface area contributed by atoms with Crippen LogP contribution in [0, 0.1) is 11.8 Å². The van der Waals surface area contributed by atoms with E-state index in [4.69, 9.17) is 0 Å². The van der Waals surface area contributed by atoms with E-state index in [1.165, 1.54) is 32.1 Å². The average molecular weight is 224 g/mol. The molecule has 0 radical (unpaired) electrons. The number of hydrogen-bond acceptors (Lipinski definition) is 2. The van der Waals surface area contributed by atoms with E-state index in [1.54, 1.807) is 0 Å². The summed E-state index contributed by atoms with van der Waals surface area (Å²) in [5, 5.41) is 3.29. The molecule has 1 unspecified atom stereocenters. The molecule has 0 aromatic rings. The fourth-order valence-electron chi connectivity index (χ4n) is 3.01. The smallest absolute Gasteiger partial charge is 0.225 e. The Kier molecular flexibility index (Phi) is 4.22. The minimum absolute atomic E-state index is 0.249. The monoisotopic (exact) mass is 224 g/mol. The van der Waals surface area contributed by atoms with Crippen molar-refractivity contribution in [2.24, 2.45) is 11.8 Å². The Morgan fingerprint density at radius 2 is 1.81 bits per heavy atom. The van der Waals surface area contributed by atoms with Crippen molar-refractivity contribution in [3.63, 3.8) is 0 Å². The molecule has 0 bridgehead atoms. The third-order valence-corrected chi connectivity index (χ3v) is 4.18. The van der Waals surface area contributed by atoms with Crippen molar-refractivity contribution in [3.05, 3.63) is 0 Å². The van der Waals surface area contributed by atoms with Crippen LogP contribution < -0.4 is 5.32 Å². The van der Waals surface area contributed by atoms with Crippen molar-refractivity contribution in [1.29, 1.82) is 0 Å². The van der Waals surface area contributed by atoms with Gasteiger partial charge in [0.1, 0.15) is 0 Å². The minimum atomic E-state index is 0.249. The van der Waals surface area contributed by atoms with E-state index in [0.29, 0.717) is 11.8 Å². The Labute approximate surface area is 98.6 Å². The van der Waals surface area contributed by atoms with Gasteiger partial charge < -0.3 is 10.2 Å². The van der Waals surface area contributed by atoms with E-state index in [0.717, 1.165) is 26.2 Å². The zero-order chi connectivity index (χ0) is 11.4. The van der Waals surface area contributed by atoms with Gasteiger partial charge in [0, 0.05) is 32.1 Å². The van der Waals surface area contributed by atoms with Crippen LogP contribution in [0.15, 0.2) is 0 Å². The summed E-state index contributed by atoms with van der Waals surface area (Å²) < 4.78 is 0. The summed E-state index contributed by atoms with van der Waals surface area (Å²) in [6.45, 7) is 5.86. The van der Waals surface area contributed by atoms with E-state index in [1.807, 2.05) is 0 Å². The zero-order valence-corrected chi connectivity index (χ0v) is 10.4. The molecular weight excluding hydrogens is 200 g/mol. The van der Waals surface area contributed by atoms with Crippen LogP contribution in [0.4, 0.5) is 0 Å². The predicted octanol–water partition coefficient (Wildman–Crippen LogP) is 1.63. The van der Waals surface area contributed by atoms with E-state index in [2.05, 4.69) is 17.1 Å². The van der Waals surface area contributed by atoms with Crippen molar-refractivity contribution >= 4 is 5.91 Å². The van der Waals surface area contributed by atoms with Crippen LogP contribution in [-0.4, -0.2) is 37.0 Å². The number of amides is 1. The van der Waals surface area contributed by atoms with Crippen LogP contribution in [0.2, 0.25) is 0 Å². The number of nitrogens with zero attached hydrogens (tertiary/aromatic N) is 1. The lowest BCUT2D eigenvalue weighted by Gasteiger charge is -2.34. The Bertz CT molecular complexity index is 230. The third kappa shape index (κ3) is 2.76. The molecule has 16 heavy (non-hydrogen) atoms. The SMILES string of the molecule is CC(C(=O)N1CCNCC1)C1CCCCC1. The molecule has 2 aliphatic rings. The van der Waals surface area contributed by atoms with Crippen LogP contribution in [0.25, 0.3) is 0 Å². The maximum absolute atomic E-state index is 12.3. The van der Waals surface area contributed by atoms with Crippen LogP contribution in [0.5, 0.6) is 0 Å². The molecule has 1 heterocycles. The number of hydrogen-bond donors (Lipinski definition) is 1. The van der Waals surface area contributed by atoms with Crippen LogP contribution in [0.3, 0.4) is 0 Å². The Morgan fingerprint density at radius 3 is 2.44 bits per heavy atom. The predicted molar refractivity (Wildman–Crippen MR) is 65.2 cm³/mol. The van der Waals surface area contributed by atoms with Crippen molar-refractivity contribution in [2.75, 3.05) is 26.2 Å². The van der Waals surface area contributed by atoms with E-state index >= 15 is 0 Å². The number of piperazine rings is 1. The molecule has 1 aliphatic heterocycles. The van der Waals surface area contributed by atoms with E-state index in [-0.39, 0.29) is 5.92 Å². The van der Waals surface area contributed by atoms with Crippen molar-refractivity contribution in [1.82, 2.24) is 10.2 Å². The first-order chi connectivity index (χ1) is 7.79. The first kappa shape index (κ1) is 11.9. The molecule has 1 saturated carbocycles. The second-order valence-electron chi connectivity index (χ2n) is 5.26. The molecule has 3 heteroatoms. The summed E-state index contributed by atoms with van der Waals surface area (Å²) in [5.41, 5.74) is 0. The largest absolute Gasteiger partial charge is 0.340 e. The first-order valence-electron chi connectivity index (χ1n) is 6.78. The van der Waals surface area contributed by atoms with Gasteiger partial charge in [-0.2, -0.15) is 0 Å².